The highest BCUT2D eigenvalue weighted by Gasteiger charge is 2.19. The monoisotopic (exact) mass is 444 g/mol. The van der Waals surface area contributed by atoms with E-state index in [1.807, 2.05) is 0 Å². The third kappa shape index (κ3) is 4.77. The molecule has 9 heteroatoms. The Bertz CT molecular complexity index is 1200. The predicted octanol–water partition coefficient (Wildman–Crippen LogP) is 3.92. The summed E-state index contributed by atoms with van der Waals surface area (Å²) < 4.78 is 51.5. The van der Waals surface area contributed by atoms with Crippen LogP contribution >= 0.6 is 0 Å². The first-order valence-corrected chi connectivity index (χ1v) is 10.6. The van der Waals surface area contributed by atoms with Crippen LogP contribution in [0.2, 0.25) is 0 Å². The summed E-state index contributed by atoms with van der Waals surface area (Å²) in [4.78, 5) is 14.1. The molecule has 0 aromatic heterocycles. The first kappa shape index (κ1) is 22.1. The molecule has 7 nitrogen and oxygen atoms in total. The molecule has 31 heavy (non-hydrogen) atoms. The number of nitrogens with zero attached hydrogens (tertiary/aromatic N) is 1. The van der Waals surface area contributed by atoms with Crippen molar-refractivity contribution in [3.63, 3.8) is 0 Å². The lowest BCUT2D eigenvalue weighted by molar-refractivity contribution is 0.0993. The van der Waals surface area contributed by atoms with Crippen LogP contribution in [0.1, 0.15) is 10.4 Å². The molecule has 0 aliphatic rings. The fraction of sp³-hybridized carbons (Fsp3) is 0.136. The fourth-order valence-electron chi connectivity index (χ4n) is 2.87. The Morgan fingerprint density at radius 3 is 2.19 bits per heavy atom. The molecule has 0 saturated heterocycles. The summed E-state index contributed by atoms with van der Waals surface area (Å²) in [5.41, 5.74) is 0.693. The topological polar surface area (TPSA) is 84.9 Å². The van der Waals surface area contributed by atoms with Crippen LogP contribution in [-0.4, -0.2) is 35.6 Å². The third-order valence-electron chi connectivity index (χ3n) is 4.59. The van der Waals surface area contributed by atoms with Crippen LogP contribution in [0, 0.1) is 5.82 Å². The van der Waals surface area contributed by atoms with E-state index in [9.17, 15) is 17.6 Å². The van der Waals surface area contributed by atoms with Gasteiger partial charge in [-0.3, -0.25) is 9.52 Å². The SMILES string of the molecule is COc1ccc(N(C)C(=O)c2ccc(S(=O)(=O)Nc3ccccc3F)cc2)cc1OC. The summed E-state index contributed by atoms with van der Waals surface area (Å²) in [5, 5.41) is 0. The van der Waals surface area contributed by atoms with E-state index in [1.165, 1.54) is 61.6 Å². The Morgan fingerprint density at radius 2 is 1.58 bits per heavy atom. The lowest BCUT2D eigenvalue weighted by Gasteiger charge is -2.19. The molecule has 0 saturated carbocycles. The van der Waals surface area contributed by atoms with Crippen LogP contribution in [0.15, 0.2) is 71.6 Å². The molecule has 3 aromatic carbocycles. The first-order valence-electron chi connectivity index (χ1n) is 9.14. The number of carbonyl (C=O) groups is 1. The molecule has 3 rings (SSSR count). The van der Waals surface area contributed by atoms with Crippen LogP contribution in [0.25, 0.3) is 0 Å². The highest BCUT2D eigenvalue weighted by molar-refractivity contribution is 7.92. The van der Waals surface area contributed by atoms with Crippen LogP contribution < -0.4 is 19.1 Å². The average Bonchev–Trinajstić information content (AvgIpc) is 2.79. The molecule has 1 N–H and O–H groups in total. The molecule has 0 bridgehead atoms. The van der Waals surface area contributed by atoms with Gasteiger partial charge in [0.05, 0.1) is 24.8 Å². The molecule has 1 amide bonds. The minimum atomic E-state index is -4.01. The zero-order chi connectivity index (χ0) is 22.6. The number of hydrogen-bond donors (Lipinski definition) is 1. The highest BCUT2D eigenvalue weighted by Crippen LogP contribution is 2.31. The van der Waals surface area contributed by atoms with Crippen molar-refractivity contribution in [1.29, 1.82) is 0 Å². The third-order valence-corrected chi connectivity index (χ3v) is 5.97. The molecular formula is C22H21FN2O5S. The highest BCUT2D eigenvalue weighted by atomic mass is 32.2. The van der Waals surface area contributed by atoms with Gasteiger partial charge >= 0.3 is 0 Å². The van der Waals surface area contributed by atoms with Crippen LogP contribution in [0.3, 0.4) is 0 Å². The Balaban J connectivity index is 1.80. The summed E-state index contributed by atoms with van der Waals surface area (Å²) in [7, 11) is 0.593. The van der Waals surface area contributed by atoms with Crippen molar-refractivity contribution in [3.8, 4) is 11.5 Å². The zero-order valence-corrected chi connectivity index (χ0v) is 17.9. The van der Waals surface area contributed by atoms with Gasteiger partial charge in [-0.1, -0.05) is 12.1 Å². The molecule has 3 aromatic rings. The van der Waals surface area contributed by atoms with Gasteiger partial charge in [-0.15, -0.1) is 0 Å². The maximum absolute atomic E-state index is 13.8. The maximum Gasteiger partial charge on any atom is 0.261 e. The lowest BCUT2D eigenvalue weighted by Crippen LogP contribution is -2.26. The number of anilines is 2. The van der Waals surface area contributed by atoms with Crippen molar-refractivity contribution in [1.82, 2.24) is 0 Å². The van der Waals surface area contributed by atoms with Crippen LogP contribution in [-0.2, 0) is 10.0 Å². The van der Waals surface area contributed by atoms with E-state index < -0.39 is 15.8 Å². The Labute approximate surface area is 180 Å². The smallest absolute Gasteiger partial charge is 0.261 e. The summed E-state index contributed by atoms with van der Waals surface area (Å²) in [6.07, 6.45) is 0. The summed E-state index contributed by atoms with van der Waals surface area (Å²) in [6, 6.07) is 15.9. The number of carbonyl (C=O) groups excluding carboxylic acids is 1. The van der Waals surface area contributed by atoms with Gasteiger partial charge in [0.15, 0.2) is 11.5 Å². The molecule has 0 aliphatic carbocycles. The minimum absolute atomic E-state index is 0.0962. The lowest BCUT2D eigenvalue weighted by atomic mass is 10.2. The number of ether oxygens (including phenoxy) is 2. The molecule has 0 spiro atoms. The van der Waals surface area contributed by atoms with Gasteiger partial charge in [0.1, 0.15) is 5.82 Å². The van der Waals surface area contributed by atoms with Gasteiger partial charge in [0, 0.05) is 24.4 Å². The van der Waals surface area contributed by atoms with Crippen molar-refractivity contribution in [2.24, 2.45) is 0 Å². The van der Waals surface area contributed by atoms with Crippen molar-refractivity contribution < 1.29 is 27.1 Å². The van der Waals surface area contributed by atoms with Crippen LogP contribution in [0.4, 0.5) is 15.8 Å². The van der Waals surface area contributed by atoms with Crippen molar-refractivity contribution in [3.05, 3.63) is 78.1 Å². The second-order valence-electron chi connectivity index (χ2n) is 6.51. The quantitative estimate of drug-likeness (QED) is 0.597. The van der Waals surface area contributed by atoms with Gasteiger partial charge in [0.25, 0.3) is 15.9 Å². The van der Waals surface area contributed by atoms with Gasteiger partial charge in [-0.05, 0) is 48.5 Å². The number of rotatable bonds is 7. The van der Waals surface area contributed by atoms with E-state index in [2.05, 4.69) is 4.72 Å². The molecule has 162 valence electrons. The van der Waals surface area contributed by atoms with E-state index in [-0.39, 0.29) is 22.1 Å². The molecule has 0 fully saturated rings. The number of hydrogen-bond acceptors (Lipinski definition) is 5. The Hall–Kier alpha value is -3.59. The van der Waals surface area contributed by atoms with Gasteiger partial charge in [0.2, 0.25) is 0 Å². The zero-order valence-electron chi connectivity index (χ0n) is 17.1. The molecule has 0 heterocycles. The average molecular weight is 444 g/mol. The van der Waals surface area contributed by atoms with Gasteiger partial charge < -0.3 is 14.4 Å². The minimum Gasteiger partial charge on any atom is -0.493 e. The number of para-hydroxylation sites is 1. The molecule has 0 atom stereocenters. The predicted molar refractivity (Wildman–Crippen MR) is 116 cm³/mol. The van der Waals surface area contributed by atoms with E-state index >= 15 is 0 Å². The molecule has 0 radical (unpaired) electrons. The normalized spacial score (nSPS) is 11.0. The standard InChI is InChI=1S/C22H21FN2O5S/c1-25(16-10-13-20(29-2)21(14-16)30-3)22(26)15-8-11-17(12-9-15)31(27,28)24-19-7-5-4-6-18(19)23/h4-14,24H,1-3H3. The van der Waals surface area contributed by atoms with E-state index in [0.29, 0.717) is 17.2 Å². The summed E-state index contributed by atoms with van der Waals surface area (Å²) >= 11 is 0. The van der Waals surface area contributed by atoms with Gasteiger partial charge in [-0.2, -0.15) is 0 Å². The van der Waals surface area contributed by atoms with Crippen LogP contribution in [0.5, 0.6) is 11.5 Å². The number of sulfonamides is 1. The van der Waals surface area contributed by atoms with Crippen molar-refractivity contribution in [2.75, 3.05) is 30.9 Å². The number of halogens is 1. The molecular weight excluding hydrogens is 423 g/mol. The summed E-state index contributed by atoms with van der Waals surface area (Å²) in [5.74, 6) is -0.0306. The number of benzene rings is 3. The van der Waals surface area contributed by atoms with E-state index in [4.69, 9.17) is 9.47 Å². The Morgan fingerprint density at radius 1 is 0.935 bits per heavy atom. The molecule has 0 unspecified atom stereocenters. The first-order chi connectivity index (χ1) is 14.8. The number of amides is 1. The Kier molecular flexibility index (Phi) is 6.45. The summed E-state index contributed by atoms with van der Waals surface area (Å²) in [6.45, 7) is 0. The molecule has 0 aliphatic heterocycles. The van der Waals surface area contributed by atoms with E-state index in [1.54, 1.807) is 25.2 Å². The largest absolute Gasteiger partial charge is 0.493 e. The van der Waals surface area contributed by atoms with Crippen molar-refractivity contribution >= 4 is 27.3 Å². The fourth-order valence-corrected chi connectivity index (χ4v) is 3.94. The number of nitrogens with one attached hydrogen (secondary N) is 1. The number of methoxy groups -OCH3 is 2. The van der Waals surface area contributed by atoms with E-state index in [0.717, 1.165) is 6.07 Å². The van der Waals surface area contributed by atoms with Crippen molar-refractivity contribution in [2.45, 2.75) is 4.90 Å². The van der Waals surface area contributed by atoms with Gasteiger partial charge in [-0.25, -0.2) is 12.8 Å². The maximum atomic E-state index is 13.8. The second kappa shape index (κ2) is 9.05. The second-order valence-corrected chi connectivity index (χ2v) is 8.20.